The first-order chi connectivity index (χ1) is 20.6. The number of unbranched alkanes of at least 4 members (excludes halogenated alkanes) is 8. The third kappa shape index (κ3) is 13.4. The lowest BCUT2D eigenvalue weighted by molar-refractivity contribution is 0.616. The van der Waals surface area contributed by atoms with Crippen LogP contribution in [0.4, 0.5) is 11.4 Å². The van der Waals surface area contributed by atoms with Crippen molar-refractivity contribution in [1.82, 2.24) is 0 Å². The van der Waals surface area contributed by atoms with E-state index < -0.39 is 0 Å². The molecule has 0 aliphatic heterocycles. The molecule has 2 aromatic carbocycles. The molecule has 0 amide bonds. The summed E-state index contributed by atoms with van der Waals surface area (Å²) in [4.78, 5) is 10.8. The van der Waals surface area contributed by atoms with E-state index in [9.17, 15) is 0 Å². The molecule has 0 fully saturated rings. The van der Waals surface area contributed by atoms with Crippen molar-refractivity contribution >= 4 is 22.8 Å². The van der Waals surface area contributed by atoms with Crippen molar-refractivity contribution in [2.24, 2.45) is 9.98 Å². The van der Waals surface area contributed by atoms with Crippen LogP contribution in [0.3, 0.4) is 0 Å². The van der Waals surface area contributed by atoms with Crippen LogP contribution in [0.2, 0.25) is 0 Å². The minimum absolute atomic E-state index is 1.00. The number of hydrogen-bond acceptors (Lipinski definition) is 2. The maximum Gasteiger partial charge on any atom is 0.0636 e. The Morgan fingerprint density at radius 1 is 0.405 bits per heavy atom. The van der Waals surface area contributed by atoms with Crippen molar-refractivity contribution in [1.29, 1.82) is 0 Å². The zero-order valence-corrected chi connectivity index (χ0v) is 28.5. The molecule has 42 heavy (non-hydrogen) atoms. The molecule has 2 aromatic rings. The van der Waals surface area contributed by atoms with Gasteiger partial charge in [0, 0.05) is 0 Å². The Hall–Kier alpha value is -2.22. The van der Waals surface area contributed by atoms with Gasteiger partial charge in [-0.25, -0.2) is 0 Å². The van der Waals surface area contributed by atoms with Gasteiger partial charge in [0.05, 0.1) is 22.8 Å². The maximum atomic E-state index is 5.42. The molecular formula is C40H64N2. The van der Waals surface area contributed by atoms with Gasteiger partial charge in [-0.15, -0.1) is 0 Å². The summed E-state index contributed by atoms with van der Waals surface area (Å²) in [5, 5.41) is 0. The second-order valence-corrected chi connectivity index (χ2v) is 12.4. The van der Waals surface area contributed by atoms with Crippen LogP contribution in [-0.2, 0) is 25.7 Å². The first kappa shape index (κ1) is 36.0. The average Bonchev–Trinajstić information content (AvgIpc) is 3.00. The van der Waals surface area contributed by atoms with Crippen LogP contribution in [0.5, 0.6) is 0 Å². The average molecular weight is 573 g/mol. The monoisotopic (exact) mass is 573 g/mol. The molecule has 0 spiro atoms. The van der Waals surface area contributed by atoms with Crippen molar-refractivity contribution in [3.8, 4) is 0 Å². The maximum absolute atomic E-state index is 5.42. The number of nitrogens with zero attached hydrogens (tertiary/aromatic N) is 2. The second-order valence-electron chi connectivity index (χ2n) is 12.4. The van der Waals surface area contributed by atoms with Gasteiger partial charge in [-0.05, 0) is 111 Å². The Morgan fingerprint density at radius 2 is 0.833 bits per heavy atom. The predicted octanol–water partition coefficient (Wildman–Crippen LogP) is 13.1. The molecule has 0 N–H and O–H groups in total. The van der Waals surface area contributed by atoms with Crippen LogP contribution in [0.1, 0.15) is 167 Å². The third-order valence-electron chi connectivity index (χ3n) is 8.41. The van der Waals surface area contributed by atoms with Gasteiger partial charge in [-0.3, -0.25) is 9.98 Å². The Morgan fingerprint density at radius 3 is 1.38 bits per heavy atom. The summed E-state index contributed by atoms with van der Waals surface area (Å²) in [7, 11) is 0. The highest BCUT2D eigenvalue weighted by Crippen LogP contribution is 2.26. The summed E-state index contributed by atoms with van der Waals surface area (Å²) < 4.78 is 0. The van der Waals surface area contributed by atoms with Crippen LogP contribution in [0, 0.1) is 0 Å². The summed E-state index contributed by atoms with van der Waals surface area (Å²) in [6.45, 7) is 13.7. The number of benzene rings is 2. The van der Waals surface area contributed by atoms with Gasteiger partial charge in [0.1, 0.15) is 0 Å². The first-order valence-corrected chi connectivity index (χ1v) is 18.0. The van der Waals surface area contributed by atoms with Crippen molar-refractivity contribution < 1.29 is 0 Å². The number of aryl methyl sites for hydroxylation is 4. The fourth-order valence-corrected chi connectivity index (χ4v) is 5.85. The molecular weight excluding hydrogens is 508 g/mol. The highest BCUT2D eigenvalue weighted by Gasteiger charge is 2.13. The van der Waals surface area contributed by atoms with Gasteiger partial charge in [0.25, 0.3) is 0 Å². The third-order valence-corrected chi connectivity index (χ3v) is 8.41. The number of rotatable bonds is 23. The predicted molar refractivity (Wildman–Crippen MR) is 190 cm³/mol. The molecule has 0 heterocycles. The smallest absolute Gasteiger partial charge is 0.0636 e. The van der Waals surface area contributed by atoms with E-state index in [1.807, 2.05) is 0 Å². The quantitative estimate of drug-likeness (QED) is 0.0934. The molecule has 2 rings (SSSR count). The molecule has 0 unspecified atom stereocenters. The standard InChI is InChI=1S/C40H64N2/c1-7-13-17-18-19-20-26-40(42-38-30-28-34(23-14-8-2)36(32-38)24-15-9-3)39(25-16-10-4)41-37-29-27-33(21-11-5)35(31-37)22-12-6/h27-32H,7-26H2,1-6H3. The Balaban J connectivity index is 2.52. The van der Waals surface area contributed by atoms with Crippen molar-refractivity contribution in [2.45, 2.75) is 170 Å². The summed E-state index contributed by atoms with van der Waals surface area (Å²) in [6, 6.07) is 14.0. The van der Waals surface area contributed by atoms with Gasteiger partial charge in [0.15, 0.2) is 0 Å². The minimum atomic E-state index is 1.00. The number of aliphatic imine (C=N–C) groups is 2. The highest BCUT2D eigenvalue weighted by atomic mass is 14.8. The summed E-state index contributed by atoms with van der Waals surface area (Å²) in [5.41, 5.74) is 10.7. The van der Waals surface area contributed by atoms with Gasteiger partial charge in [-0.1, -0.05) is 118 Å². The van der Waals surface area contributed by atoms with E-state index in [4.69, 9.17) is 9.98 Å². The van der Waals surface area contributed by atoms with E-state index in [1.54, 1.807) is 0 Å². The first-order valence-electron chi connectivity index (χ1n) is 18.0. The van der Waals surface area contributed by atoms with Crippen molar-refractivity contribution in [2.75, 3.05) is 0 Å². The zero-order valence-electron chi connectivity index (χ0n) is 28.5. The Bertz CT molecular complexity index is 1060. The van der Waals surface area contributed by atoms with E-state index in [1.165, 1.54) is 124 Å². The van der Waals surface area contributed by atoms with E-state index in [0.29, 0.717) is 0 Å². The largest absolute Gasteiger partial charge is 0.252 e. The lowest BCUT2D eigenvalue weighted by Gasteiger charge is -2.14. The van der Waals surface area contributed by atoms with Crippen LogP contribution in [0.25, 0.3) is 0 Å². The lowest BCUT2D eigenvalue weighted by atomic mass is 9.97. The zero-order chi connectivity index (χ0) is 30.4. The molecule has 0 saturated heterocycles. The van der Waals surface area contributed by atoms with E-state index in [0.717, 1.165) is 49.9 Å². The number of hydrogen-bond donors (Lipinski definition) is 0. The van der Waals surface area contributed by atoms with E-state index >= 15 is 0 Å². The van der Waals surface area contributed by atoms with Crippen LogP contribution in [0.15, 0.2) is 46.4 Å². The molecule has 0 radical (unpaired) electrons. The van der Waals surface area contributed by atoms with Crippen LogP contribution >= 0.6 is 0 Å². The van der Waals surface area contributed by atoms with Crippen molar-refractivity contribution in [3.63, 3.8) is 0 Å². The molecule has 2 heteroatoms. The lowest BCUT2D eigenvalue weighted by Crippen LogP contribution is -2.14. The Labute approximate surface area is 260 Å². The van der Waals surface area contributed by atoms with Gasteiger partial charge < -0.3 is 0 Å². The van der Waals surface area contributed by atoms with Crippen LogP contribution < -0.4 is 0 Å². The summed E-state index contributed by atoms with van der Waals surface area (Å²) in [6.07, 6.45) is 24.1. The van der Waals surface area contributed by atoms with E-state index in [-0.39, 0.29) is 0 Å². The molecule has 0 aliphatic rings. The summed E-state index contributed by atoms with van der Waals surface area (Å²) in [5.74, 6) is 0. The molecule has 0 bridgehead atoms. The van der Waals surface area contributed by atoms with Crippen LogP contribution in [-0.4, -0.2) is 11.4 Å². The normalized spacial score (nSPS) is 12.3. The minimum Gasteiger partial charge on any atom is -0.252 e. The molecule has 2 nitrogen and oxygen atoms in total. The van der Waals surface area contributed by atoms with Gasteiger partial charge >= 0.3 is 0 Å². The summed E-state index contributed by atoms with van der Waals surface area (Å²) >= 11 is 0. The second kappa shape index (κ2) is 22.3. The topological polar surface area (TPSA) is 24.7 Å². The molecule has 234 valence electrons. The SMILES string of the molecule is CCCCCCCCC(=Nc1ccc(CCCC)c(CCCC)c1)C(CCCC)=Nc1ccc(CCC)c(CCC)c1. The van der Waals surface area contributed by atoms with E-state index in [2.05, 4.69) is 77.9 Å². The fraction of sp³-hybridized carbons (Fsp3) is 0.650. The van der Waals surface area contributed by atoms with Crippen molar-refractivity contribution in [3.05, 3.63) is 58.7 Å². The highest BCUT2D eigenvalue weighted by molar-refractivity contribution is 6.43. The van der Waals surface area contributed by atoms with Gasteiger partial charge in [-0.2, -0.15) is 0 Å². The Kier molecular flexibility index (Phi) is 19.1. The molecule has 0 aliphatic carbocycles. The van der Waals surface area contributed by atoms with Gasteiger partial charge in [0.2, 0.25) is 0 Å². The fourth-order valence-electron chi connectivity index (χ4n) is 5.85. The molecule has 0 aromatic heterocycles. The molecule has 0 atom stereocenters. The molecule has 0 saturated carbocycles.